The molecule has 0 spiro atoms. The second-order valence-electron chi connectivity index (χ2n) is 3.69. The molecule has 0 aliphatic heterocycles. The molecule has 2 rings (SSSR count). The number of hydrogen-bond donors (Lipinski definition) is 0. The quantitative estimate of drug-likeness (QED) is 0.474. The number of carbonyl (C=O) groups excluding carboxylic acids is 1. The zero-order valence-electron chi connectivity index (χ0n) is 9.93. The second-order valence-corrected chi connectivity index (χ2v) is 3.69. The third-order valence-electron chi connectivity index (χ3n) is 2.54. The standard InChI is InChI=1S/C12H11NO5/c1-3-17-12(14)11-7(2)18-10-6-8(13(15)16)4-5-9(10)11/h4-6H,3H2,1-2H3. The molecule has 1 aromatic heterocycles. The van der Waals surface area contributed by atoms with Gasteiger partial charge in [0.15, 0.2) is 0 Å². The molecule has 0 radical (unpaired) electrons. The van der Waals surface area contributed by atoms with Crippen molar-refractivity contribution in [3.05, 3.63) is 39.6 Å². The monoisotopic (exact) mass is 249 g/mol. The van der Waals surface area contributed by atoms with Crippen LogP contribution in [0.1, 0.15) is 23.0 Å². The minimum atomic E-state index is -0.513. The molecule has 0 saturated heterocycles. The van der Waals surface area contributed by atoms with Crippen LogP contribution in [0.3, 0.4) is 0 Å². The number of fused-ring (bicyclic) bond motifs is 1. The van der Waals surface area contributed by atoms with E-state index >= 15 is 0 Å². The number of nitro groups is 1. The maximum Gasteiger partial charge on any atom is 0.342 e. The zero-order chi connectivity index (χ0) is 13.3. The van der Waals surface area contributed by atoms with Gasteiger partial charge in [-0.15, -0.1) is 0 Å². The van der Waals surface area contributed by atoms with Crippen molar-refractivity contribution >= 4 is 22.6 Å². The van der Waals surface area contributed by atoms with Crippen LogP contribution < -0.4 is 0 Å². The van der Waals surface area contributed by atoms with Crippen LogP contribution >= 0.6 is 0 Å². The highest BCUT2D eigenvalue weighted by molar-refractivity contribution is 6.04. The summed E-state index contributed by atoms with van der Waals surface area (Å²) in [4.78, 5) is 21.9. The van der Waals surface area contributed by atoms with Crippen molar-refractivity contribution in [2.45, 2.75) is 13.8 Å². The van der Waals surface area contributed by atoms with Crippen LogP contribution in [0.2, 0.25) is 0 Å². The largest absolute Gasteiger partial charge is 0.462 e. The van der Waals surface area contributed by atoms with Crippen molar-refractivity contribution in [1.29, 1.82) is 0 Å². The third-order valence-corrected chi connectivity index (χ3v) is 2.54. The Balaban J connectivity index is 2.59. The van der Waals surface area contributed by atoms with Gasteiger partial charge in [0.05, 0.1) is 17.6 Å². The van der Waals surface area contributed by atoms with Crippen LogP contribution in [-0.4, -0.2) is 17.5 Å². The van der Waals surface area contributed by atoms with Gasteiger partial charge in [-0.3, -0.25) is 10.1 Å². The number of nitro benzene ring substituents is 1. The number of esters is 1. The maximum absolute atomic E-state index is 11.7. The van der Waals surface area contributed by atoms with Crippen molar-refractivity contribution in [2.75, 3.05) is 6.61 Å². The van der Waals surface area contributed by atoms with Gasteiger partial charge in [-0.25, -0.2) is 4.79 Å². The minimum absolute atomic E-state index is 0.0772. The molecule has 94 valence electrons. The first-order chi connectivity index (χ1) is 8.54. The van der Waals surface area contributed by atoms with Gasteiger partial charge in [-0.1, -0.05) is 0 Å². The summed E-state index contributed by atoms with van der Waals surface area (Å²) in [5.74, 6) is -0.0912. The van der Waals surface area contributed by atoms with Gasteiger partial charge in [0.2, 0.25) is 0 Å². The van der Waals surface area contributed by atoms with Crippen molar-refractivity contribution < 1.29 is 18.9 Å². The average Bonchev–Trinajstić information content (AvgIpc) is 2.63. The summed E-state index contributed by atoms with van der Waals surface area (Å²) in [6, 6.07) is 4.13. The molecule has 6 nitrogen and oxygen atoms in total. The maximum atomic E-state index is 11.7. The molecule has 6 heteroatoms. The molecule has 0 saturated carbocycles. The molecule has 18 heavy (non-hydrogen) atoms. The van der Waals surface area contributed by atoms with E-state index in [4.69, 9.17) is 9.15 Å². The first kappa shape index (κ1) is 12.1. The number of aryl methyl sites for hydroxylation is 1. The molecule has 0 aliphatic rings. The van der Waals surface area contributed by atoms with Gasteiger partial charge in [-0.2, -0.15) is 0 Å². The number of ether oxygens (including phenoxy) is 1. The number of rotatable bonds is 3. The first-order valence-electron chi connectivity index (χ1n) is 5.39. The molecule has 0 unspecified atom stereocenters. The summed E-state index contributed by atoms with van der Waals surface area (Å²) in [5.41, 5.74) is 0.554. The Bertz CT molecular complexity index is 629. The lowest BCUT2D eigenvalue weighted by atomic mass is 10.1. The lowest BCUT2D eigenvalue weighted by Gasteiger charge is -1.99. The molecular formula is C12H11NO5. The van der Waals surface area contributed by atoms with Crippen LogP contribution in [0.25, 0.3) is 11.0 Å². The predicted molar refractivity (Wildman–Crippen MR) is 63.6 cm³/mol. The molecule has 0 fully saturated rings. The molecule has 1 aromatic carbocycles. The lowest BCUT2D eigenvalue weighted by Crippen LogP contribution is -2.05. The average molecular weight is 249 g/mol. The van der Waals surface area contributed by atoms with Crippen molar-refractivity contribution in [1.82, 2.24) is 0 Å². The normalized spacial score (nSPS) is 10.6. The summed E-state index contributed by atoms with van der Waals surface area (Å²) in [6.07, 6.45) is 0. The summed E-state index contributed by atoms with van der Waals surface area (Å²) in [6.45, 7) is 3.59. The third kappa shape index (κ3) is 1.92. The number of benzene rings is 1. The van der Waals surface area contributed by atoms with E-state index in [2.05, 4.69) is 0 Å². The summed E-state index contributed by atoms with van der Waals surface area (Å²) in [7, 11) is 0. The highest BCUT2D eigenvalue weighted by atomic mass is 16.6. The molecule has 0 bridgehead atoms. The van der Waals surface area contributed by atoms with Crippen LogP contribution in [-0.2, 0) is 4.74 Å². The van der Waals surface area contributed by atoms with Crippen LogP contribution in [0.5, 0.6) is 0 Å². The van der Waals surface area contributed by atoms with Gasteiger partial charge in [0, 0.05) is 11.5 Å². The Morgan fingerprint density at radius 1 is 1.50 bits per heavy atom. The molecule has 0 amide bonds. The predicted octanol–water partition coefficient (Wildman–Crippen LogP) is 2.83. The summed E-state index contributed by atoms with van der Waals surface area (Å²) in [5, 5.41) is 11.2. The fraction of sp³-hybridized carbons (Fsp3) is 0.250. The topological polar surface area (TPSA) is 82.6 Å². The van der Waals surface area contributed by atoms with E-state index in [0.29, 0.717) is 22.3 Å². The second kappa shape index (κ2) is 4.48. The number of nitrogens with zero attached hydrogens (tertiary/aromatic N) is 1. The molecule has 2 aromatic rings. The minimum Gasteiger partial charge on any atom is -0.462 e. The SMILES string of the molecule is CCOC(=O)c1c(C)oc2cc([N+](=O)[O-])ccc12. The Morgan fingerprint density at radius 3 is 2.83 bits per heavy atom. The smallest absolute Gasteiger partial charge is 0.342 e. The van der Waals surface area contributed by atoms with Gasteiger partial charge in [0.25, 0.3) is 5.69 Å². The fourth-order valence-electron chi connectivity index (χ4n) is 1.78. The van der Waals surface area contributed by atoms with Gasteiger partial charge in [-0.05, 0) is 19.9 Å². The highest BCUT2D eigenvalue weighted by Gasteiger charge is 2.20. The van der Waals surface area contributed by atoms with Crippen molar-refractivity contribution in [3.63, 3.8) is 0 Å². The van der Waals surface area contributed by atoms with Gasteiger partial charge in [0.1, 0.15) is 16.9 Å². The number of carbonyl (C=O) groups is 1. The van der Waals surface area contributed by atoms with E-state index in [0.717, 1.165) is 0 Å². The van der Waals surface area contributed by atoms with Crippen molar-refractivity contribution in [3.8, 4) is 0 Å². The van der Waals surface area contributed by atoms with Crippen LogP contribution in [0, 0.1) is 17.0 Å². The van der Waals surface area contributed by atoms with E-state index in [1.165, 1.54) is 18.2 Å². The Morgan fingerprint density at radius 2 is 2.22 bits per heavy atom. The number of non-ortho nitro benzene ring substituents is 1. The number of furan rings is 1. The molecular weight excluding hydrogens is 238 g/mol. The lowest BCUT2D eigenvalue weighted by molar-refractivity contribution is -0.384. The first-order valence-corrected chi connectivity index (χ1v) is 5.39. The fourth-order valence-corrected chi connectivity index (χ4v) is 1.78. The van der Waals surface area contributed by atoms with E-state index in [9.17, 15) is 14.9 Å². The van der Waals surface area contributed by atoms with E-state index in [-0.39, 0.29) is 12.3 Å². The molecule has 0 N–H and O–H groups in total. The molecule has 0 aliphatic carbocycles. The molecule has 0 atom stereocenters. The highest BCUT2D eigenvalue weighted by Crippen LogP contribution is 2.29. The zero-order valence-corrected chi connectivity index (χ0v) is 9.93. The molecule has 1 heterocycles. The van der Waals surface area contributed by atoms with Crippen molar-refractivity contribution in [2.24, 2.45) is 0 Å². The van der Waals surface area contributed by atoms with E-state index < -0.39 is 10.9 Å². The Labute approximate surface area is 102 Å². The Kier molecular flexibility index (Phi) is 3.01. The van der Waals surface area contributed by atoms with Gasteiger partial charge >= 0.3 is 5.97 Å². The van der Waals surface area contributed by atoms with E-state index in [1.54, 1.807) is 13.8 Å². The summed E-state index contributed by atoms with van der Waals surface area (Å²) >= 11 is 0. The van der Waals surface area contributed by atoms with Crippen LogP contribution in [0.4, 0.5) is 5.69 Å². The van der Waals surface area contributed by atoms with Gasteiger partial charge < -0.3 is 9.15 Å². The van der Waals surface area contributed by atoms with E-state index in [1.807, 2.05) is 0 Å². The number of hydrogen-bond acceptors (Lipinski definition) is 5. The Hall–Kier alpha value is -2.37. The van der Waals surface area contributed by atoms with Crippen LogP contribution in [0.15, 0.2) is 22.6 Å². The summed E-state index contributed by atoms with van der Waals surface area (Å²) < 4.78 is 10.3.